The maximum atomic E-state index is 13.0. The standard InChI is InChI=1S/C14H13FN2O2/c1-19-13-8-10(16)5-6-12(13)14(18)17-11-4-2-3-9(15)7-11/h2-8H,16H2,1H3,(H,17,18). The van der Waals surface area contributed by atoms with Gasteiger partial charge in [0.25, 0.3) is 5.91 Å². The van der Waals surface area contributed by atoms with Crippen LogP contribution in [0.5, 0.6) is 5.75 Å². The highest BCUT2D eigenvalue weighted by atomic mass is 19.1. The summed E-state index contributed by atoms with van der Waals surface area (Å²) < 4.78 is 18.1. The first-order chi connectivity index (χ1) is 9.10. The summed E-state index contributed by atoms with van der Waals surface area (Å²) >= 11 is 0. The minimum absolute atomic E-state index is 0.334. The summed E-state index contributed by atoms with van der Waals surface area (Å²) in [7, 11) is 1.45. The Balaban J connectivity index is 2.25. The van der Waals surface area contributed by atoms with Crippen molar-refractivity contribution in [1.29, 1.82) is 0 Å². The van der Waals surface area contributed by atoms with Crippen molar-refractivity contribution in [3.8, 4) is 5.75 Å². The Bertz CT molecular complexity index is 614. The fourth-order valence-electron chi connectivity index (χ4n) is 1.66. The third-order valence-electron chi connectivity index (χ3n) is 2.55. The molecule has 0 heterocycles. The SMILES string of the molecule is COc1cc(N)ccc1C(=O)Nc1cccc(F)c1. The van der Waals surface area contributed by atoms with Crippen molar-refractivity contribution in [2.24, 2.45) is 0 Å². The van der Waals surface area contributed by atoms with Crippen molar-refractivity contribution in [2.75, 3.05) is 18.2 Å². The number of nitrogen functional groups attached to an aromatic ring is 1. The smallest absolute Gasteiger partial charge is 0.259 e. The zero-order valence-corrected chi connectivity index (χ0v) is 10.3. The lowest BCUT2D eigenvalue weighted by Crippen LogP contribution is -2.13. The lowest BCUT2D eigenvalue weighted by atomic mass is 10.1. The average molecular weight is 260 g/mol. The molecule has 0 unspecified atom stereocenters. The Hall–Kier alpha value is -2.56. The van der Waals surface area contributed by atoms with Gasteiger partial charge in [-0.2, -0.15) is 0 Å². The molecule has 0 aliphatic heterocycles. The molecule has 2 aromatic carbocycles. The van der Waals surface area contributed by atoms with Gasteiger partial charge in [0.2, 0.25) is 0 Å². The molecule has 0 saturated heterocycles. The number of nitrogens with one attached hydrogen (secondary N) is 1. The molecule has 1 amide bonds. The van der Waals surface area contributed by atoms with Crippen LogP contribution in [0.15, 0.2) is 42.5 Å². The van der Waals surface area contributed by atoms with Gasteiger partial charge in [-0.15, -0.1) is 0 Å². The first-order valence-electron chi connectivity index (χ1n) is 5.60. The van der Waals surface area contributed by atoms with Crippen LogP contribution in [0.4, 0.5) is 15.8 Å². The third kappa shape index (κ3) is 3.01. The number of anilines is 2. The first kappa shape index (κ1) is 12.9. The summed E-state index contributed by atoms with van der Waals surface area (Å²) in [6, 6.07) is 10.4. The van der Waals surface area contributed by atoms with Crippen LogP contribution in [-0.2, 0) is 0 Å². The highest BCUT2D eigenvalue weighted by molar-refractivity contribution is 6.06. The number of hydrogen-bond acceptors (Lipinski definition) is 3. The summed E-state index contributed by atoms with van der Waals surface area (Å²) in [6.07, 6.45) is 0. The predicted molar refractivity (Wildman–Crippen MR) is 71.8 cm³/mol. The van der Waals surface area contributed by atoms with Gasteiger partial charge in [-0.25, -0.2) is 4.39 Å². The van der Waals surface area contributed by atoms with Crippen LogP contribution in [0.2, 0.25) is 0 Å². The quantitative estimate of drug-likeness (QED) is 0.834. The average Bonchev–Trinajstić information content (AvgIpc) is 2.38. The van der Waals surface area contributed by atoms with Crippen LogP contribution < -0.4 is 15.8 Å². The number of halogens is 1. The number of amides is 1. The Morgan fingerprint density at radius 2 is 2.05 bits per heavy atom. The second kappa shape index (κ2) is 5.39. The number of hydrogen-bond donors (Lipinski definition) is 2. The molecule has 0 bridgehead atoms. The zero-order chi connectivity index (χ0) is 13.8. The summed E-state index contributed by atoms with van der Waals surface area (Å²) in [5.41, 5.74) is 6.83. The number of ether oxygens (including phenoxy) is 1. The Morgan fingerprint density at radius 3 is 2.74 bits per heavy atom. The maximum absolute atomic E-state index is 13.0. The Labute approximate surface area is 110 Å². The van der Waals surface area contributed by atoms with Crippen molar-refractivity contribution >= 4 is 17.3 Å². The maximum Gasteiger partial charge on any atom is 0.259 e. The second-order valence-corrected chi connectivity index (χ2v) is 3.92. The van der Waals surface area contributed by atoms with E-state index in [1.54, 1.807) is 24.3 Å². The second-order valence-electron chi connectivity index (χ2n) is 3.92. The summed E-state index contributed by atoms with van der Waals surface area (Å²) in [6.45, 7) is 0. The van der Waals surface area contributed by atoms with Crippen LogP contribution >= 0.6 is 0 Å². The topological polar surface area (TPSA) is 64.3 Å². The highest BCUT2D eigenvalue weighted by Crippen LogP contribution is 2.22. The number of methoxy groups -OCH3 is 1. The molecule has 0 saturated carbocycles. The van der Waals surface area contributed by atoms with Crippen LogP contribution in [-0.4, -0.2) is 13.0 Å². The Morgan fingerprint density at radius 1 is 1.26 bits per heavy atom. The highest BCUT2D eigenvalue weighted by Gasteiger charge is 2.12. The molecule has 5 heteroatoms. The van der Waals surface area contributed by atoms with Crippen LogP contribution in [0.3, 0.4) is 0 Å². The van der Waals surface area contributed by atoms with Gasteiger partial charge >= 0.3 is 0 Å². The van der Waals surface area contributed by atoms with Gasteiger partial charge in [0, 0.05) is 17.4 Å². The van der Waals surface area contributed by atoms with Gasteiger partial charge in [0.15, 0.2) is 0 Å². The van der Waals surface area contributed by atoms with E-state index < -0.39 is 5.82 Å². The van der Waals surface area contributed by atoms with E-state index in [0.29, 0.717) is 22.7 Å². The zero-order valence-electron chi connectivity index (χ0n) is 10.3. The molecule has 0 aromatic heterocycles. The lowest BCUT2D eigenvalue weighted by Gasteiger charge is -2.10. The van der Waals surface area contributed by atoms with Gasteiger partial charge in [-0.3, -0.25) is 4.79 Å². The van der Waals surface area contributed by atoms with Crippen LogP contribution in [0.1, 0.15) is 10.4 Å². The number of carbonyl (C=O) groups excluding carboxylic acids is 1. The van der Waals surface area contributed by atoms with E-state index in [0.717, 1.165) is 0 Å². The van der Waals surface area contributed by atoms with Gasteiger partial charge in [0.1, 0.15) is 11.6 Å². The van der Waals surface area contributed by atoms with Crippen LogP contribution in [0.25, 0.3) is 0 Å². The minimum Gasteiger partial charge on any atom is -0.496 e. The molecule has 0 aliphatic carbocycles. The summed E-state index contributed by atoms with van der Waals surface area (Å²) in [4.78, 5) is 12.1. The molecular weight excluding hydrogens is 247 g/mol. The largest absolute Gasteiger partial charge is 0.496 e. The van der Waals surface area contributed by atoms with Gasteiger partial charge in [0.05, 0.1) is 12.7 Å². The van der Waals surface area contributed by atoms with E-state index in [9.17, 15) is 9.18 Å². The molecule has 19 heavy (non-hydrogen) atoms. The minimum atomic E-state index is -0.415. The fourth-order valence-corrected chi connectivity index (χ4v) is 1.66. The molecular formula is C14H13FN2O2. The van der Waals surface area contributed by atoms with E-state index in [4.69, 9.17) is 10.5 Å². The molecule has 2 aromatic rings. The molecule has 0 aliphatic rings. The number of nitrogens with two attached hydrogens (primary N) is 1. The summed E-state index contributed by atoms with van der Waals surface area (Å²) in [5.74, 6) is -0.432. The molecule has 98 valence electrons. The van der Waals surface area contributed by atoms with E-state index in [1.807, 2.05) is 0 Å². The van der Waals surface area contributed by atoms with E-state index >= 15 is 0 Å². The molecule has 4 nitrogen and oxygen atoms in total. The Kier molecular flexibility index (Phi) is 3.66. The fraction of sp³-hybridized carbons (Fsp3) is 0.0714. The molecule has 2 rings (SSSR count). The van der Waals surface area contributed by atoms with E-state index in [-0.39, 0.29) is 5.91 Å². The molecule has 0 spiro atoms. The van der Waals surface area contributed by atoms with Crippen LogP contribution in [0, 0.1) is 5.82 Å². The normalized spacial score (nSPS) is 10.0. The van der Waals surface area contributed by atoms with Gasteiger partial charge in [-0.1, -0.05) is 6.07 Å². The first-order valence-corrected chi connectivity index (χ1v) is 5.60. The van der Waals surface area contributed by atoms with Crippen molar-refractivity contribution in [2.45, 2.75) is 0 Å². The monoisotopic (exact) mass is 260 g/mol. The molecule has 0 radical (unpaired) electrons. The van der Waals surface area contributed by atoms with Gasteiger partial charge < -0.3 is 15.8 Å². The third-order valence-corrected chi connectivity index (χ3v) is 2.55. The van der Waals surface area contributed by atoms with Crippen molar-refractivity contribution in [1.82, 2.24) is 0 Å². The van der Waals surface area contributed by atoms with E-state index in [2.05, 4.69) is 5.32 Å². The number of benzene rings is 2. The lowest BCUT2D eigenvalue weighted by molar-refractivity contribution is 0.102. The van der Waals surface area contributed by atoms with Crippen molar-refractivity contribution in [3.05, 3.63) is 53.8 Å². The van der Waals surface area contributed by atoms with Crippen molar-refractivity contribution < 1.29 is 13.9 Å². The van der Waals surface area contributed by atoms with E-state index in [1.165, 1.54) is 25.3 Å². The molecule has 0 fully saturated rings. The summed E-state index contributed by atoms with van der Waals surface area (Å²) in [5, 5.41) is 2.59. The van der Waals surface area contributed by atoms with Crippen molar-refractivity contribution in [3.63, 3.8) is 0 Å². The number of carbonyl (C=O) groups is 1. The van der Waals surface area contributed by atoms with Gasteiger partial charge in [-0.05, 0) is 30.3 Å². The molecule has 0 atom stereocenters. The predicted octanol–water partition coefficient (Wildman–Crippen LogP) is 2.67. The number of rotatable bonds is 3. The molecule has 3 N–H and O–H groups in total.